The Morgan fingerprint density at radius 3 is 2.53 bits per heavy atom. The zero-order valence-corrected chi connectivity index (χ0v) is 19.1. The van der Waals surface area contributed by atoms with Crippen LogP contribution >= 0.6 is 0 Å². The second-order valence-electron chi connectivity index (χ2n) is 9.32. The Kier molecular flexibility index (Phi) is 7.56. The number of epoxide rings is 1. The molecule has 0 aromatic heterocycles. The van der Waals surface area contributed by atoms with Crippen LogP contribution in [0.25, 0.3) is 0 Å². The molecule has 3 aliphatic rings. The van der Waals surface area contributed by atoms with Crippen molar-refractivity contribution in [3.8, 4) is 0 Å². The first-order valence-electron chi connectivity index (χ1n) is 11.1. The van der Waals surface area contributed by atoms with Crippen LogP contribution in [0.15, 0.2) is 36.0 Å². The third kappa shape index (κ3) is 6.51. The molecule has 6 nitrogen and oxygen atoms in total. The SMILES string of the molecule is CC/C=C\C(=O)N(C)C1COC(C/C=C(C)/C=C/[C@@H]2C[C@]3(CO3)CC(C)(C)O2)OC1. The average molecular weight is 420 g/mol. The highest BCUT2D eigenvalue weighted by atomic mass is 16.7. The van der Waals surface area contributed by atoms with Gasteiger partial charge in [0.2, 0.25) is 5.91 Å². The number of carbonyl (C=O) groups is 1. The molecule has 0 aromatic rings. The van der Waals surface area contributed by atoms with Gasteiger partial charge in [0, 0.05) is 26.3 Å². The number of hydrogen-bond acceptors (Lipinski definition) is 5. The summed E-state index contributed by atoms with van der Waals surface area (Å²) in [6, 6.07) is -0.0519. The molecule has 0 radical (unpaired) electrons. The number of hydrogen-bond donors (Lipinski definition) is 0. The van der Waals surface area contributed by atoms with E-state index in [4.69, 9.17) is 18.9 Å². The van der Waals surface area contributed by atoms with Crippen LogP contribution in [0.2, 0.25) is 0 Å². The maximum atomic E-state index is 12.1. The average Bonchev–Trinajstić information content (AvgIpc) is 3.44. The zero-order valence-electron chi connectivity index (χ0n) is 19.1. The smallest absolute Gasteiger partial charge is 0.246 e. The summed E-state index contributed by atoms with van der Waals surface area (Å²) in [4.78, 5) is 13.8. The second-order valence-corrected chi connectivity index (χ2v) is 9.32. The van der Waals surface area contributed by atoms with Crippen molar-refractivity contribution in [2.75, 3.05) is 26.9 Å². The van der Waals surface area contributed by atoms with Gasteiger partial charge in [-0.25, -0.2) is 0 Å². The summed E-state index contributed by atoms with van der Waals surface area (Å²) in [5.74, 6) is -0.0140. The predicted molar refractivity (Wildman–Crippen MR) is 116 cm³/mol. The largest absolute Gasteiger partial charge is 0.369 e. The lowest BCUT2D eigenvalue weighted by molar-refractivity contribution is -0.201. The molecule has 0 aromatic carbocycles. The summed E-state index contributed by atoms with van der Waals surface area (Å²) in [5.41, 5.74) is 1.04. The molecular weight excluding hydrogens is 382 g/mol. The standard InChI is InChI=1S/C24H37NO5/c1-6-7-8-21(26)25(5)19-14-27-22(28-15-19)12-10-18(2)9-11-20-13-24(17-29-24)16-23(3,4)30-20/h7-11,19-20,22H,6,12-17H2,1-5H3/b8-7-,11-9+,18-10+/t19?,20-,22?,24-/m1/s1. The van der Waals surface area contributed by atoms with Gasteiger partial charge in [-0.2, -0.15) is 0 Å². The fraction of sp³-hybridized carbons (Fsp3) is 0.708. The van der Waals surface area contributed by atoms with E-state index in [1.165, 1.54) is 0 Å². The fourth-order valence-corrected chi connectivity index (χ4v) is 4.16. The maximum Gasteiger partial charge on any atom is 0.246 e. The minimum atomic E-state index is -0.271. The Labute approximate surface area is 180 Å². The molecule has 0 aliphatic carbocycles. The first-order valence-corrected chi connectivity index (χ1v) is 11.1. The molecule has 3 fully saturated rings. The van der Waals surface area contributed by atoms with Gasteiger partial charge >= 0.3 is 0 Å². The summed E-state index contributed by atoms with van der Waals surface area (Å²) in [5, 5.41) is 0. The van der Waals surface area contributed by atoms with Crippen LogP contribution in [-0.2, 0) is 23.7 Å². The molecule has 0 unspecified atom stereocenters. The van der Waals surface area contributed by atoms with Gasteiger partial charge in [0.05, 0.1) is 43.2 Å². The van der Waals surface area contributed by atoms with E-state index in [0.717, 1.165) is 31.4 Å². The first-order chi connectivity index (χ1) is 14.2. The minimum absolute atomic E-state index is 0.0140. The summed E-state index contributed by atoms with van der Waals surface area (Å²) in [6.07, 6.45) is 13.1. The third-order valence-corrected chi connectivity index (χ3v) is 5.89. The summed E-state index contributed by atoms with van der Waals surface area (Å²) >= 11 is 0. The zero-order chi connectivity index (χ0) is 21.8. The third-order valence-electron chi connectivity index (χ3n) is 5.89. The van der Waals surface area contributed by atoms with Crippen LogP contribution in [0.5, 0.6) is 0 Å². The number of ether oxygens (including phenoxy) is 4. The van der Waals surface area contributed by atoms with Crippen molar-refractivity contribution in [1.82, 2.24) is 4.90 Å². The van der Waals surface area contributed by atoms with Crippen molar-refractivity contribution in [3.05, 3.63) is 36.0 Å². The Morgan fingerprint density at radius 2 is 1.90 bits per heavy atom. The van der Waals surface area contributed by atoms with Crippen molar-refractivity contribution >= 4 is 5.91 Å². The molecule has 3 aliphatic heterocycles. The van der Waals surface area contributed by atoms with E-state index in [0.29, 0.717) is 19.6 Å². The molecule has 2 atom stereocenters. The van der Waals surface area contributed by atoms with E-state index in [9.17, 15) is 4.79 Å². The van der Waals surface area contributed by atoms with Crippen LogP contribution in [0.1, 0.15) is 53.4 Å². The molecule has 0 N–H and O–H groups in total. The van der Waals surface area contributed by atoms with Gasteiger partial charge in [-0.15, -0.1) is 0 Å². The predicted octanol–water partition coefficient (Wildman–Crippen LogP) is 3.77. The van der Waals surface area contributed by atoms with Crippen LogP contribution in [-0.4, -0.2) is 67.3 Å². The second kappa shape index (κ2) is 9.77. The van der Waals surface area contributed by atoms with Crippen LogP contribution < -0.4 is 0 Å². The summed E-state index contributed by atoms with van der Waals surface area (Å²) in [6.45, 7) is 10.2. The number of nitrogens with zero attached hydrogens (tertiary/aromatic N) is 1. The molecule has 1 amide bonds. The van der Waals surface area contributed by atoms with E-state index >= 15 is 0 Å². The molecule has 0 bridgehead atoms. The molecule has 168 valence electrons. The Hall–Kier alpha value is -1.47. The Balaban J connectivity index is 1.42. The number of likely N-dealkylation sites (N-methyl/N-ethyl adjacent to an activating group) is 1. The molecular formula is C24H37NO5. The van der Waals surface area contributed by atoms with Crippen molar-refractivity contribution in [2.24, 2.45) is 0 Å². The lowest BCUT2D eigenvalue weighted by Gasteiger charge is -2.38. The lowest BCUT2D eigenvalue weighted by atomic mass is 9.85. The van der Waals surface area contributed by atoms with Crippen molar-refractivity contribution in [1.29, 1.82) is 0 Å². The van der Waals surface area contributed by atoms with Crippen LogP contribution in [0, 0.1) is 0 Å². The topological polar surface area (TPSA) is 60.5 Å². The maximum absolute atomic E-state index is 12.1. The van der Waals surface area contributed by atoms with Gasteiger partial charge in [-0.1, -0.05) is 36.8 Å². The molecule has 1 spiro atoms. The van der Waals surface area contributed by atoms with E-state index in [2.05, 4.69) is 39.0 Å². The first kappa shape index (κ1) is 23.2. The fourth-order valence-electron chi connectivity index (χ4n) is 4.16. The molecule has 30 heavy (non-hydrogen) atoms. The van der Waals surface area contributed by atoms with Gasteiger partial charge in [-0.3, -0.25) is 4.79 Å². The molecule has 3 heterocycles. The van der Waals surface area contributed by atoms with Crippen LogP contribution in [0.4, 0.5) is 0 Å². The summed E-state index contributed by atoms with van der Waals surface area (Å²) < 4.78 is 23.5. The van der Waals surface area contributed by atoms with E-state index in [1.54, 1.807) is 18.0 Å². The summed E-state index contributed by atoms with van der Waals surface area (Å²) in [7, 11) is 1.79. The molecule has 6 heteroatoms. The van der Waals surface area contributed by atoms with Crippen LogP contribution in [0.3, 0.4) is 0 Å². The lowest BCUT2D eigenvalue weighted by Crippen LogP contribution is -2.47. The van der Waals surface area contributed by atoms with E-state index < -0.39 is 0 Å². The number of amides is 1. The number of rotatable bonds is 7. The highest BCUT2D eigenvalue weighted by Gasteiger charge is 2.53. The van der Waals surface area contributed by atoms with Crippen molar-refractivity contribution in [2.45, 2.75) is 83.0 Å². The van der Waals surface area contributed by atoms with E-state index in [-0.39, 0.29) is 35.5 Å². The number of carbonyl (C=O) groups excluding carboxylic acids is 1. The van der Waals surface area contributed by atoms with Gasteiger partial charge in [0.25, 0.3) is 0 Å². The van der Waals surface area contributed by atoms with Gasteiger partial charge in [0.15, 0.2) is 6.29 Å². The van der Waals surface area contributed by atoms with E-state index in [1.807, 2.05) is 13.0 Å². The van der Waals surface area contributed by atoms with Gasteiger partial charge in [0.1, 0.15) is 0 Å². The monoisotopic (exact) mass is 419 g/mol. The Morgan fingerprint density at radius 1 is 1.20 bits per heavy atom. The van der Waals surface area contributed by atoms with Crippen molar-refractivity contribution in [3.63, 3.8) is 0 Å². The highest BCUT2D eigenvalue weighted by Crippen LogP contribution is 2.46. The van der Waals surface area contributed by atoms with Gasteiger partial charge < -0.3 is 23.8 Å². The highest BCUT2D eigenvalue weighted by molar-refractivity contribution is 5.87. The minimum Gasteiger partial charge on any atom is -0.369 e. The van der Waals surface area contributed by atoms with Gasteiger partial charge in [-0.05, 0) is 33.3 Å². The van der Waals surface area contributed by atoms with Crippen molar-refractivity contribution < 1.29 is 23.7 Å². The molecule has 0 saturated carbocycles. The molecule has 3 rings (SSSR count). The number of allylic oxidation sites excluding steroid dienone is 3. The Bertz CT molecular complexity index is 678. The normalized spacial score (nSPS) is 34.0. The molecule has 3 saturated heterocycles. The quantitative estimate of drug-likeness (QED) is 0.357.